The highest BCUT2D eigenvalue weighted by Gasteiger charge is 2.33. The normalized spacial score (nSPS) is 20.1. The zero-order valence-electron chi connectivity index (χ0n) is 20.5. The Kier molecular flexibility index (Phi) is 5.59. The molecule has 7 nitrogen and oxygen atoms in total. The van der Waals surface area contributed by atoms with Crippen molar-refractivity contribution >= 4 is 11.4 Å². The van der Waals surface area contributed by atoms with Crippen molar-refractivity contribution in [3.05, 3.63) is 105 Å². The van der Waals surface area contributed by atoms with Gasteiger partial charge in [0.2, 0.25) is 0 Å². The van der Waals surface area contributed by atoms with Crippen LogP contribution in [-0.2, 0) is 20.0 Å². The summed E-state index contributed by atoms with van der Waals surface area (Å²) in [4.78, 5) is 19.2. The van der Waals surface area contributed by atoms with E-state index < -0.39 is 0 Å². The fraction of sp³-hybridized carbons (Fsp3) is 0.321. The topological polar surface area (TPSA) is 68.0 Å². The van der Waals surface area contributed by atoms with Crippen LogP contribution in [0.4, 0.5) is 10.1 Å². The van der Waals surface area contributed by atoms with Crippen molar-refractivity contribution in [2.45, 2.75) is 44.7 Å². The second kappa shape index (κ2) is 8.93. The number of nitrogens with one attached hydrogen (secondary N) is 1. The standard InChI is InChI=1S/C28H29FN6O/c1-33-16-24-20(14-25(33)36)12-13-23(27(34(24)2)19-10-11-19)31-26(18-7-5-8-18)28-30-17-35(32-28)15-21-6-3-4-9-22(21)29/h3-7,9,14,16-17,23,31H,8,10-13,15H2,1-2H3/b26-18-/t23-/m1/s1. The molecular formula is C28H29FN6O. The van der Waals surface area contributed by atoms with Gasteiger partial charge in [-0.05, 0) is 54.9 Å². The predicted octanol–water partition coefficient (Wildman–Crippen LogP) is 3.92. The molecule has 3 aromatic rings. The molecule has 1 aliphatic heterocycles. The van der Waals surface area contributed by atoms with Crippen molar-refractivity contribution in [3.63, 3.8) is 0 Å². The molecule has 1 atom stereocenters. The van der Waals surface area contributed by atoms with Crippen molar-refractivity contribution in [2.75, 3.05) is 11.9 Å². The number of hydrogen-bond acceptors (Lipinski definition) is 5. The van der Waals surface area contributed by atoms with Gasteiger partial charge >= 0.3 is 0 Å². The second-order valence-corrected chi connectivity index (χ2v) is 9.78. The van der Waals surface area contributed by atoms with E-state index in [9.17, 15) is 9.18 Å². The zero-order chi connectivity index (χ0) is 24.8. The van der Waals surface area contributed by atoms with Gasteiger partial charge in [-0.3, -0.25) is 4.79 Å². The van der Waals surface area contributed by atoms with Crippen LogP contribution >= 0.6 is 0 Å². The van der Waals surface area contributed by atoms with Gasteiger partial charge in [-0.25, -0.2) is 14.1 Å². The van der Waals surface area contributed by atoms with E-state index in [1.807, 2.05) is 12.3 Å². The van der Waals surface area contributed by atoms with E-state index in [0.29, 0.717) is 17.9 Å². The van der Waals surface area contributed by atoms with Crippen molar-refractivity contribution in [3.8, 4) is 0 Å². The summed E-state index contributed by atoms with van der Waals surface area (Å²) in [5.41, 5.74) is 7.56. The highest BCUT2D eigenvalue weighted by atomic mass is 19.1. The first kappa shape index (κ1) is 22.5. The van der Waals surface area contributed by atoms with Gasteiger partial charge < -0.3 is 14.8 Å². The SMILES string of the molecule is CN1C(=C2CC2)[C@H](N/C(=C2/C=CC2)c2ncn(Cc3ccccc3F)n2)CCc2cc(=O)n(C)cc21. The molecule has 184 valence electrons. The lowest BCUT2D eigenvalue weighted by Gasteiger charge is -2.30. The van der Waals surface area contributed by atoms with Crippen LogP contribution in [0.2, 0.25) is 0 Å². The molecule has 0 spiro atoms. The van der Waals surface area contributed by atoms with Gasteiger partial charge in [-0.1, -0.05) is 30.4 Å². The summed E-state index contributed by atoms with van der Waals surface area (Å²) in [5.74, 6) is 0.369. The van der Waals surface area contributed by atoms with Crippen molar-refractivity contribution in [2.24, 2.45) is 7.05 Å². The molecule has 0 amide bonds. The van der Waals surface area contributed by atoms with Crippen LogP contribution in [0.5, 0.6) is 0 Å². The van der Waals surface area contributed by atoms with Crippen molar-refractivity contribution in [1.29, 1.82) is 0 Å². The summed E-state index contributed by atoms with van der Waals surface area (Å²) in [6.07, 6.45) is 12.5. The van der Waals surface area contributed by atoms with Gasteiger partial charge in [0.05, 0.1) is 24.0 Å². The lowest BCUT2D eigenvalue weighted by molar-refractivity contribution is 0.582. The van der Waals surface area contributed by atoms with Crippen LogP contribution < -0.4 is 15.8 Å². The van der Waals surface area contributed by atoms with E-state index in [1.165, 1.54) is 17.3 Å². The summed E-state index contributed by atoms with van der Waals surface area (Å²) < 4.78 is 17.5. The zero-order valence-corrected chi connectivity index (χ0v) is 20.5. The van der Waals surface area contributed by atoms with E-state index in [4.69, 9.17) is 5.10 Å². The van der Waals surface area contributed by atoms with Crippen LogP contribution in [0.1, 0.15) is 42.6 Å². The Morgan fingerprint density at radius 2 is 2.00 bits per heavy atom. The predicted molar refractivity (Wildman–Crippen MR) is 138 cm³/mol. The van der Waals surface area contributed by atoms with Gasteiger partial charge in [0.15, 0.2) is 5.82 Å². The molecule has 0 bridgehead atoms. The quantitative estimate of drug-likeness (QED) is 0.595. The molecule has 6 rings (SSSR count). The fourth-order valence-corrected chi connectivity index (χ4v) is 5.08. The minimum Gasteiger partial charge on any atom is -0.373 e. The van der Waals surface area contributed by atoms with Crippen LogP contribution in [0, 0.1) is 5.82 Å². The fourth-order valence-electron chi connectivity index (χ4n) is 5.08. The lowest BCUT2D eigenvalue weighted by Crippen LogP contribution is -2.37. The highest BCUT2D eigenvalue weighted by molar-refractivity contribution is 5.69. The summed E-state index contributed by atoms with van der Waals surface area (Å²) in [6, 6.07) is 8.58. The summed E-state index contributed by atoms with van der Waals surface area (Å²) in [6.45, 7) is 0.323. The van der Waals surface area contributed by atoms with E-state index >= 15 is 0 Å². The highest BCUT2D eigenvalue weighted by Crippen LogP contribution is 2.40. The van der Waals surface area contributed by atoms with Gasteiger partial charge in [-0.2, -0.15) is 0 Å². The largest absolute Gasteiger partial charge is 0.373 e. The number of rotatable bonds is 5. The molecule has 3 heterocycles. The molecule has 1 fully saturated rings. The van der Waals surface area contributed by atoms with E-state index in [1.54, 1.807) is 40.8 Å². The Hall–Kier alpha value is -3.94. The first-order valence-electron chi connectivity index (χ1n) is 12.4. The summed E-state index contributed by atoms with van der Waals surface area (Å²) >= 11 is 0. The molecule has 3 aliphatic rings. The summed E-state index contributed by atoms with van der Waals surface area (Å²) in [5, 5.41) is 8.52. The molecule has 0 saturated heterocycles. The Morgan fingerprint density at radius 3 is 2.72 bits per heavy atom. The first-order chi connectivity index (χ1) is 17.5. The molecule has 36 heavy (non-hydrogen) atoms. The molecule has 0 radical (unpaired) electrons. The van der Waals surface area contributed by atoms with E-state index in [-0.39, 0.29) is 17.4 Å². The van der Waals surface area contributed by atoms with Crippen LogP contribution in [0.15, 0.2) is 76.6 Å². The Morgan fingerprint density at radius 1 is 1.19 bits per heavy atom. The third-order valence-electron chi connectivity index (χ3n) is 7.25. The first-order valence-corrected chi connectivity index (χ1v) is 12.4. The van der Waals surface area contributed by atoms with Gasteiger partial charge in [0, 0.05) is 37.6 Å². The third kappa shape index (κ3) is 4.17. The Bertz CT molecular complexity index is 1490. The number of hydrogen-bond donors (Lipinski definition) is 1. The van der Waals surface area contributed by atoms with Gasteiger partial charge in [0.25, 0.3) is 5.56 Å². The molecule has 2 aliphatic carbocycles. The van der Waals surface area contributed by atoms with Crippen molar-refractivity contribution in [1.82, 2.24) is 24.6 Å². The number of benzene rings is 1. The minimum atomic E-state index is -0.246. The molecule has 1 aromatic carbocycles. The molecule has 2 aromatic heterocycles. The number of likely N-dealkylation sites (N-methyl/N-ethyl adjacent to an activating group) is 1. The number of aromatic nitrogens is 4. The third-order valence-corrected chi connectivity index (χ3v) is 7.25. The molecular weight excluding hydrogens is 455 g/mol. The second-order valence-electron chi connectivity index (χ2n) is 9.78. The number of pyridine rings is 1. The maximum absolute atomic E-state index is 14.2. The molecule has 1 saturated carbocycles. The number of anilines is 1. The number of nitrogens with zero attached hydrogens (tertiary/aromatic N) is 5. The number of allylic oxidation sites excluding steroid dienone is 4. The number of halogens is 1. The van der Waals surface area contributed by atoms with Crippen LogP contribution in [-0.4, -0.2) is 32.4 Å². The molecule has 8 heteroatoms. The smallest absolute Gasteiger partial charge is 0.250 e. The lowest BCUT2D eigenvalue weighted by atomic mass is 9.98. The maximum Gasteiger partial charge on any atom is 0.250 e. The average Bonchev–Trinajstić information content (AvgIpc) is 3.57. The Balaban J connectivity index is 1.32. The Labute approximate surface area is 209 Å². The van der Waals surface area contributed by atoms with Gasteiger partial charge in [0.1, 0.15) is 12.1 Å². The minimum absolute atomic E-state index is 0.0150. The van der Waals surface area contributed by atoms with Crippen molar-refractivity contribution < 1.29 is 4.39 Å². The maximum atomic E-state index is 14.2. The van der Waals surface area contributed by atoms with Crippen LogP contribution in [0.25, 0.3) is 5.70 Å². The monoisotopic (exact) mass is 484 g/mol. The van der Waals surface area contributed by atoms with Crippen LogP contribution in [0.3, 0.4) is 0 Å². The average molecular weight is 485 g/mol. The van der Waals surface area contributed by atoms with Gasteiger partial charge in [-0.15, -0.1) is 5.10 Å². The molecule has 1 N–H and O–H groups in total. The number of aryl methyl sites for hydroxylation is 2. The van der Waals surface area contributed by atoms with E-state index in [0.717, 1.165) is 54.6 Å². The van der Waals surface area contributed by atoms with E-state index in [2.05, 4.69) is 34.4 Å². The number of fused-ring (bicyclic) bond motifs is 1. The summed E-state index contributed by atoms with van der Waals surface area (Å²) in [7, 11) is 3.90. The molecule has 0 unspecified atom stereocenters.